The largest absolute Gasteiger partial charge is 0.354 e. The molecule has 0 radical (unpaired) electrons. The van der Waals surface area contributed by atoms with Crippen molar-refractivity contribution in [1.82, 2.24) is 39.9 Å². The molecule has 0 unspecified atom stereocenters. The zero-order chi connectivity index (χ0) is 93.4. The monoisotopic (exact) mass is 1710 g/mol. The second-order valence-electron chi connectivity index (χ2n) is 48.8. The normalized spacial score (nSPS) is 13.8. The van der Waals surface area contributed by atoms with Crippen molar-refractivity contribution in [3.63, 3.8) is 0 Å². The minimum atomic E-state index is -0.203. The Morgan fingerprint density at radius 1 is 0.155 bits per heavy atom. The van der Waals surface area contributed by atoms with Crippen LogP contribution in [-0.2, 0) is 59.6 Å². The molecule has 0 spiro atoms. The predicted octanol–water partition coefficient (Wildman–Crippen LogP) is 33.9. The number of H-pyrrole nitrogens is 4. The molecule has 664 valence electrons. The number of fused-ring (bicyclic) bond motifs is 16. The number of nitrogens with one attached hydrogen (secondary N) is 4. The van der Waals surface area contributed by atoms with E-state index in [4.69, 9.17) is 19.9 Å². The molecule has 6 aromatic carbocycles. The van der Waals surface area contributed by atoms with Gasteiger partial charge < -0.3 is 19.9 Å². The Morgan fingerprint density at radius 2 is 0.279 bits per heavy atom. The van der Waals surface area contributed by atoms with Crippen molar-refractivity contribution in [1.29, 1.82) is 0 Å². The quantitative estimate of drug-likeness (QED) is 0.127. The first-order chi connectivity index (χ1) is 59.7. The van der Waals surface area contributed by atoms with Crippen molar-refractivity contribution in [2.75, 3.05) is 0 Å². The zero-order valence-electron chi connectivity index (χ0n) is 83.9. The predicted molar refractivity (Wildman–Crippen MR) is 560 cm³/mol. The van der Waals surface area contributed by atoms with E-state index in [1.807, 2.05) is 0 Å². The molecule has 0 amide bonds. The van der Waals surface area contributed by atoms with Crippen molar-refractivity contribution in [2.45, 2.75) is 295 Å². The van der Waals surface area contributed by atoms with Gasteiger partial charge in [-0.15, -0.1) is 0 Å². The SMILES string of the molecule is Cc1cc(-c2c3nc(c(-c4cc(C(C)(C)C)cc(C(C)(C)C)c4)c4ccc([nH]4)c(-c4cc(C(C)(C)C)cc(C(C)(C)C)c4)c4nc(c(-c5c6nc(c(-c7cc(C(C)(C)C)cc(C(C)(C)C)c7)c7ccc([nH]7)c(-c7cc(C(C)(C)C)cc(C(C)(C)C)c7)c7nc(c(-c8cc(C(C)(C)C)cc(C(C)(C)C)c8)c8ccc5[nH]8)C=C7)C=C6)c5ccc2[nH]5)C=C4)C=C3)cc(C(C)(C)C)c1. The Labute approximate surface area is 770 Å². The average Bonchev–Trinajstić information content (AvgIpc) is 1.59. The molecular formula is C121H140N8. The topological polar surface area (TPSA) is 115 Å². The van der Waals surface area contributed by atoms with Crippen LogP contribution in [0.2, 0.25) is 0 Å². The molecule has 16 rings (SSSR count). The summed E-state index contributed by atoms with van der Waals surface area (Å²) in [5.74, 6) is 0. The second-order valence-corrected chi connectivity index (χ2v) is 48.8. The van der Waals surface area contributed by atoms with Crippen LogP contribution in [0.15, 0.2) is 158 Å². The van der Waals surface area contributed by atoms with Crippen LogP contribution in [0.3, 0.4) is 0 Å². The number of aryl methyl sites for hydroxylation is 1. The van der Waals surface area contributed by atoms with E-state index in [-0.39, 0.29) is 59.6 Å². The molecule has 8 heteroatoms. The maximum atomic E-state index is 6.25. The zero-order valence-corrected chi connectivity index (χ0v) is 83.9. The highest BCUT2D eigenvalue weighted by Gasteiger charge is 2.33. The van der Waals surface area contributed by atoms with Crippen LogP contribution in [0.5, 0.6) is 0 Å². The maximum absolute atomic E-state index is 6.25. The van der Waals surface area contributed by atoms with Gasteiger partial charge in [0.25, 0.3) is 0 Å². The van der Waals surface area contributed by atoms with Gasteiger partial charge in [0.15, 0.2) is 0 Å². The summed E-state index contributed by atoms with van der Waals surface area (Å²) in [6.07, 6.45) is 18.1. The van der Waals surface area contributed by atoms with E-state index in [1.165, 1.54) is 66.8 Å². The Morgan fingerprint density at radius 3 is 0.426 bits per heavy atom. The van der Waals surface area contributed by atoms with Gasteiger partial charge in [0.1, 0.15) is 0 Å². The summed E-state index contributed by atoms with van der Waals surface area (Å²) >= 11 is 0. The summed E-state index contributed by atoms with van der Waals surface area (Å²) in [4.78, 5) is 41.7. The van der Waals surface area contributed by atoms with Gasteiger partial charge in [-0.05, 0) is 258 Å². The lowest BCUT2D eigenvalue weighted by atomic mass is 9.78. The highest BCUT2D eigenvalue weighted by atomic mass is 14.8. The van der Waals surface area contributed by atoms with E-state index in [0.29, 0.717) is 0 Å². The molecule has 8 nitrogen and oxygen atoms in total. The lowest BCUT2D eigenvalue weighted by Crippen LogP contribution is -2.16. The van der Waals surface area contributed by atoms with Gasteiger partial charge in [0, 0.05) is 88.6 Å². The minimum Gasteiger partial charge on any atom is -0.354 e. The Bertz CT molecular complexity index is 6730. The summed E-state index contributed by atoms with van der Waals surface area (Å²) in [5, 5.41) is 0. The summed E-state index contributed by atoms with van der Waals surface area (Å²) in [7, 11) is 0. The van der Waals surface area contributed by atoms with E-state index in [2.05, 4.69) is 462 Å². The van der Waals surface area contributed by atoms with Crippen molar-refractivity contribution in [3.8, 4) is 77.9 Å². The van der Waals surface area contributed by atoms with Gasteiger partial charge in [-0.25, -0.2) is 19.9 Å². The highest BCUT2D eigenvalue weighted by molar-refractivity contribution is 6.07. The molecule has 4 aliphatic heterocycles. The molecule has 4 aliphatic rings. The number of aromatic nitrogens is 8. The smallest absolute Gasteiger partial charge is 0.0738 e. The number of hydrogen-bond acceptors (Lipinski definition) is 4. The number of hydrogen-bond donors (Lipinski definition) is 4. The lowest BCUT2D eigenvalue weighted by Gasteiger charge is -2.26. The molecular weight excluding hydrogens is 1570 g/mol. The van der Waals surface area contributed by atoms with Crippen LogP contribution in [0, 0.1) is 6.92 Å². The number of benzene rings is 6. The van der Waals surface area contributed by atoms with Gasteiger partial charge in [-0.3, -0.25) is 0 Å². The van der Waals surface area contributed by atoms with Crippen LogP contribution in [0.4, 0.5) is 0 Å². The van der Waals surface area contributed by atoms with E-state index in [0.717, 1.165) is 168 Å². The lowest BCUT2D eigenvalue weighted by molar-refractivity contribution is 0.568. The summed E-state index contributed by atoms with van der Waals surface area (Å²) in [5.41, 5.74) is 41.1. The van der Waals surface area contributed by atoms with Crippen molar-refractivity contribution >= 4 is 92.7 Å². The van der Waals surface area contributed by atoms with Crippen molar-refractivity contribution in [2.24, 2.45) is 0 Å². The molecule has 10 heterocycles. The van der Waals surface area contributed by atoms with Gasteiger partial charge >= 0.3 is 0 Å². The van der Waals surface area contributed by atoms with Gasteiger partial charge in [-0.1, -0.05) is 343 Å². The number of aromatic amines is 4. The number of nitrogens with zero attached hydrogens (tertiary/aromatic N) is 4. The summed E-state index contributed by atoms with van der Waals surface area (Å²) < 4.78 is 0. The highest BCUT2D eigenvalue weighted by Crippen LogP contribution is 2.49. The average molecular weight is 1710 g/mol. The van der Waals surface area contributed by atoms with Crippen LogP contribution in [-0.4, -0.2) is 39.9 Å². The number of rotatable bonds is 7. The molecule has 0 saturated carbocycles. The van der Waals surface area contributed by atoms with Crippen LogP contribution < -0.4 is 0 Å². The van der Waals surface area contributed by atoms with E-state index in [9.17, 15) is 0 Å². The third kappa shape index (κ3) is 18.1. The van der Waals surface area contributed by atoms with Gasteiger partial charge in [0.05, 0.1) is 45.6 Å². The molecule has 0 fully saturated rings. The first-order valence-corrected chi connectivity index (χ1v) is 47.0. The first kappa shape index (κ1) is 90.9. The Kier molecular flexibility index (Phi) is 22.1. The van der Waals surface area contributed by atoms with Crippen LogP contribution >= 0.6 is 0 Å². The molecule has 0 atom stereocenters. The first-order valence-electron chi connectivity index (χ1n) is 47.0. The molecule has 129 heavy (non-hydrogen) atoms. The van der Waals surface area contributed by atoms with Gasteiger partial charge in [-0.2, -0.15) is 0 Å². The third-order valence-corrected chi connectivity index (χ3v) is 26.8. The molecule has 6 aromatic heterocycles. The van der Waals surface area contributed by atoms with E-state index < -0.39 is 0 Å². The standard InChI is InChI=1S/C121H140N8/c1-69-51-70(53-76(52-69)111(2,3)4)103-87-35-36-89(122-87)104(71-54-77(112(5,6)7)64-78(55-71)113(8,9)10)90-37-40-93(123-90)106(73-58-81(116(17,18)19)66-82(59-73)117(20,21)22)96-44-48-100(127-96)109(99-47-43-88(103)126-99)110-101-49-45-97(128-101)107(74-60-83(118(23,24)25)67-84(61-74)119(26,27)28)94-41-38-91(124-94)105(72-56-79(114(11,12)13)65-80(57-72)115(14,15)16)92-39-42-95(125-92)108(98-46-50-102(110)129-98)75-62-85(120(29,30)31)68-86(63-75)121(32,33)34/h35-68,123-124,126,129H,1-34H3. The molecule has 16 bridgehead atoms. The minimum absolute atomic E-state index is 0.162. The molecule has 4 N–H and O–H groups in total. The van der Waals surface area contributed by atoms with E-state index in [1.54, 1.807) is 0 Å². The Hall–Kier alpha value is -11.5. The Balaban J connectivity index is 1.15. The summed E-state index contributed by atoms with van der Waals surface area (Å²) in [6, 6.07) is 61.8. The fourth-order valence-electron chi connectivity index (χ4n) is 18.3. The fraction of sp³-hybridized carbons (Fsp3) is 0.372. The van der Waals surface area contributed by atoms with Crippen molar-refractivity contribution < 1.29 is 0 Å². The van der Waals surface area contributed by atoms with Gasteiger partial charge in [0.2, 0.25) is 0 Å². The van der Waals surface area contributed by atoms with Crippen molar-refractivity contribution in [3.05, 3.63) is 270 Å². The van der Waals surface area contributed by atoms with E-state index >= 15 is 0 Å². The molecule has 0 aliphatic carbocycles. The van der Waals surface area contributed by atoms with Crippen LogP contribution in [0.25, 0.3) is 171 Å². The summed E-state index contributed by atoms with van der Waals surface area (Å²) in [6.45, 7) is 79.1. The molecule has 12 aromatic rings. The van der Waals surface area contributed by atoms with Crippen LogP contribution in [0.1, 0.15) is 341 Å². The maximum Gasteiger partial charge on any atom is 0.0738 e. The molecule has 0 saturated heterocycles. The fourth-order valence-corrected chi connectivity index (χ4v) is 18.3. The second kappa shape index (κ2) is 31.4. The third-order valence-electron chi connectivity index (χ3n) is 26.8.